The molecule has 0 amide bonds. The molecule has 104 valence electrons. The number of hydrogen-bond acceptors (Lipinski definition) is 4. The van der Waals surface area contributed by atoms with Crippen molar-refractivity contribution in [2.75, 3.05) is 7.11 Å². The Bertz CT molecular complexity index is 482. The maximum atomic E-state index is 10.8. The fraction of sp³-hybridized carbons (Fsp3) is 0.571. The average Bonchev–Trinajstić information content (AvgIpc) is 3.20. The van der Waals surface area contributed by atoms with E-state index in [1.165, 1.54) is 18.9 Å². The Morgan fingerprint density at radius 3 is 2.68 bits per heavy atom. The van der Waals surface area contributed by atoms with Crippen LogP contribution in [0.4, 0.5) is 5.69 Å². The number of ether oxygens (including phenoxy) is 1. The third kappa shape index (κ3) is 3.23. The van der Waals surface area contributed by atoms with Crippen molar-refractivity contribution in [1.82, 2.24) is 5.32 Å². The second kappa shape index (κ2) is 5.17. The van der Waals surface area contributed by atoms with E-state index in [0.717, 1.165) is 5.56 Å². The number of nitrogens with one attached hydrogen (secondary N) is 1. The number of nitrogens with zero attached hydrogens (tertiary/aromatic N) is 1. The van der Waals surface area contributed by atoms with Gasteiger partial charge in [-0.1, -0.05) is 0 Å². The summed E-state index contributed by atoms with van der Waals surface area (Å²) in [5.74, 6) is 1.39. The summed E-state index contributed by atoms with van der Waals surface area (Å²) in [6.07, 6.45) is 2.51. The summed E-state index contributed by atoms with van der Waals surface area (Å²) in [5, 5.41) is 14.3. The van der Waals surface area contributed by atoms with E-state index in [1.54, 1.807) is 19.2 Å². The van der Waals surface area contributed by atoms with E-state index >= 15 is 0 Å². The van der Waals surface area contributed by atoms with Gasteiger partial charge in [0.05, 0.1) is 12.0 Å². The molecule has 5 heteroatoms. The SMILES string of the molecule is COc1ccc([N+](=O)[O-])cc1CNC(C)(C)C1CC1. The van der Waals surface area contributed by atoms with Gasteiger partial charge in [-0.05, 0) is 38.7 Å². The lowest BCUT2D eigenvalue weighted by Crippen LogP contribution is -2.40. The lowest BCUT2D eigenvalue weighted by atomic mass is 9.98. The monoisotopic (exact) mass is 264 g/mol. The van der Waals surface area contributed by atoms with Gasteiger partial charge in [0.1, 0.15) is 5.75 Å². The second-order valence-electron chi connectivity index (χ2n) is 5.60. The van der Waals surface area contributed by atoms with Crippen molar-refractivity contribution in [2.24, 2.45) is 5.92 Å². The van der Waals surface area contributed by atoms with Crippen molar-refractivity contribution >= 4 is 5.69 Å². The fourth-order valence-electron chi connectivity index (χ4n) is 2.29. The molecule has 1 aliphatic rings. The van der Waals surface area contributed by atoms with Crippen LogP contribution in [-0.4, -0.2) is 17.6 Å². The smallest absolute Gasteiger partial charge is 0.270 e. The Kier molecular flexibility index (Phi) is 3.75. The molecule has 0 heterocycles. The zero-order chi connectivity index (χ0) is 14.0. The Morgan fingerprint density at radius 1 is 1.47 bits per heavy atom. The molecule has 5 nitrogen and oxygen atoms in total. The van der Waals surface area contributed by atoms with Crippen molar-refractivity contribution < 1.29 is 9.66 Å². The first kappa shape index (κ1) is 13.8. The first-order valence-electron chi connectivity index (χ1n) is 6.50. The minimum Gasteiger partial charge on any atom is -0.496 e. The third-order valence-electron chi connectivity index (χ3n) is 3.81. The molecular formula is C14H20N2O3. The second-order valence-corrected chi connectivity index (χ2v) is 5.60. The summed E-state index contributed by atoms with van der Waals surface area (Å²) < 4.78 is 5.26. The molecule has 1 aromatic carbocycles. The number of rotatable bonds is 6. The molecule has 0 unspecified atom stereocenters. The minimum absolute atomic E-state index is 0.0651. The van der Waals surface area contributed by atoms with Crippen LogP contribution in [0.5, 0.6) is 5.75 Å². The van der Waals surface area contributed by atoms with Gasteiger partial charge < -0.3 is 10.1 Å². The molecule has 1 aliphatic carbocycles. The van der Waals surface area contributed by atoms with Crippen molar-refractivity contribution in [2.45, 2.75) is 38.8 Å². The maximum Gasteiger partial charge on any atom is 0.270 e. The van der Waals surface area contributed by atoms with Crippen LogP contribution in [0.15, 0.2) is 18.2 Å². The molecule has 2 rings (SSSR count). The molecule has 19 heavy (non-hydrogen) atoms. The molecule has 1 N–H and O–H groups in total. The Hall–Kier alpha value is -1.62. The fourth-order valence-corrected chi connectivity index (χ4v) is 2.29. The number of benzene rings is 1. The van der Waals surface area contributed by atoms with Gasteiger partial charge in [0.25, 0.3) is 5.69 Å². The van der Waals surface area contributed by atoms with Crippen molar-refractivity contribution in [3.05, 3.63) is 33.9 Å². The van der Waals surface area contributed by atoms with Gasteiger partial charge in [0.2, 0.25) is 0 Å². The molecule has 0 radical (unpaired) electrons. The van der Waals surface area contributed by atoms with Crippen LogP contribution >= 0.6 is 0 Å². The van der Waals surface area contributed by atoms with Gasteiger partial charge in [-0.15, -0.1) is 0 Å². The lowest BCUT2D eigenvalue weighted by molar-refractivity contribution is -0.384. The molecular weight excluding hydrogens is 244 g/mol. The molecule has 0 aliphatic heterocycles. The highest BCUT2D eigenvalue weighted by molar-refractivity contribution is 5.43. The Morgan fingerprint density at radius 2 is 2.16 bits per heavy atom. The van der Waals surface area contributed by atoms with Crippen LogP contribution in [0.1, 0.15) is 32.3 Å². The van der Waals surface area contributed by atoms with Crippen LogP contribution in [0.2, 0.25) is 0 Å². The van der Waals surface area contributed by atoms with E-state index in [0.29, 0.717) is 18.2 Å². The number of non-ortho nitro benzene ring substituents is 1. The van der Waals surface area contributed by atoms with E-state index in [2.05, 4.69) is 19.2 Å². The molecule has 1 aromatic rings. The number of hydrogen-bond donors (Lipinski definition) is 1. The van der Waals surface area contributed by atoms with Crippen LogP contribution in [0.3, 0.4) is 0 Å². The molecule has 0 saturated heterocycles. The zero-order valence-electron chi connectivity index (χ0n) is 11.6. The van der Waals surface area contributed by atoms with Crippen molar-refractivity contribution in [3.63, 3.8) is 0 Å². The van der Waals surface area contributed by atoms with Crippen molar-refractivity contribution in [1.29, 1.82) is 0 Å². The van der Waals surface area contributed by atoms with Crippen LogP contribution in [-0.2, 0) is 6.54 Å². The highest BCUT2D eigenvalue weighted by Crippen LogP contribution is 2.39. The summed E-state index contributed by atoms with van der Waals surface area (Å²) in [5.41, 5.74) is 0.988. The summed E-state index contributed by atoms with van der Waals surface area (Å²) in [6, 6.07) is 4.70. The average molecular weight is 264 g/mol. The molecule has 1 saturated carbocycles. The lowest BCUT2D eigenvalue weighted by Gasteiger charge is -2.26. The van der Waals surface area contributed by atoms with E-state index < -0.39 is 0 Å². The highest BCUT2D eigenvalue weighted by atomic mass is 16.6. The number of nitro groups is 1. The van der Waals surface area contributed by atoms with Crippen LogP contribution < -0.4 is 10.1 Å². The van der Waals surface area contributed by atoms with E-state index in [-0.39, 0.29) is 16.1 Å². The molecule has 0 bridgehead atoms. The van der Waals surface area contributed by atoms with Crippen molar-refractivity contribution in [3.8, 4) is 5.75 Å². The zero-order valence-corrected chi connectivity index (χ0v) is 11.6. The van der Waals surface area contributed by atoms with Gasteiger partial charge in [-0.3, -0.25) is 10.1 Å². The molecule has 0 spiro atoms. The summed E-state index contributed by atoms with van der Waals surface area (Å²) in [6.45, 7) is 4.93. The maximum absolute atomic E-state index is 10.8. The summed E-state index contributed by atoms with van der Waals surface area (Å²) in [4.78, 5) is 10.4. The van der Waals surface area contributed by atoms with E-state index in [4.69, 9.17) is 4.74 Å². The topological polar surface area (TPSA) is 64.4 Å². The predicted molar refractivity (Wildman–Crippen MR) is 73.3 cm³/mol. The van der Waals surface area contributed by atoms with Crippen LogP contribution in [0, 0.1) is 16.0 Å². The normalized spacial score (nSPS) is 15.3. The Balaban J connectivity index is 2.13. The van der Waals surface area contributed by atoms with Crippen LogP contribution in [0.25, 0.3) is 0 Å². The number of methoxy groups -OCH3 is 1. The van der Waals surface area contributed by atoms with E-state index in [1.807, 2.05) is 0 Å². The summed E-state index contributed by atoms with van der Waals surface area (Å²) in [7, 11) is 1.58. The third-order valence-corrected chi connectivity index (χ3v) is 3.81. The van der Waals surface area contributed by atoms with Gasteiger partial charge in [0.15, 0.2) is 0 Å². The molecule has 0 aromatic heterocycles. The van der Waals surface area contributed by atoms with Gasteiger partial charge >= 0.3 is 0 Å². The largest absolute Gasteiger partial charge is 0.496 e. The number of nitro benzene ring substituents is 1. The standard InChI is InChI=1S/C14H20N2O3/c1-14(2,11-4-5-11)15-9-10-8-12(16(17)18)6-7-13(10)19-3/h6-8,11,15H,4-5,9H2,1-3H3. The molecule has 1 fully saturated rings. The van der Waals surface area contributed by atoms with Gasteiger partial charge in [-0.2, -0.15) is 0 Å². The van der Waals surface area contributed by atoms with E-state index in [9.17, 15) is 10.1 Å². The first-order chi connectivity index (χ1) is 8.94. The quantitative estimate of drug-likeness (QED) is 0.634. The molecule has 0 atom stereocenters. The first-order valence-corrected chi connectivity index (χ1v) is 6.50. The Labute approximate surface area is 113 Å². The summed E-state index contributed by atoms with van der Waals surface area (Å²) >= 11 is 0. The minimum atomic E-state index is -0.380. The highest BCUT2D eigenvalue weighted by Gasteiger charge is 2.37. The van der Waals surface area contributed by atoms with Gasteiger partial charge in [-0.25, -0.2) is 0 Å². The van der Waals surface area contributed by atoms with Gasteiger partial charge in [0, 0.05) is 29.8 Å². The predicted octanol–water partition coefficient (Wildman–Crippen LogP) is 2.88.